The van der Waals surface area contributed by atoms with Crippen LogP contribution < -0.4 is 0 Å². The predicted octanol–water partition coefficient (Wildman–Crippen LogP) is 2.19. The van der Waals surface area contributed by atoms with Gasteiger partial charge < -0.3 is 9.84 Å². The van der Waals surface area contributed by atoms with Gasteiger partial charge in [-0.2, -0.15) is 0 Å². The van der Waals surface area contributed by atoms with Crippen molar-refractivity contribution in [2.45, 2.75) is 6.92 Å². The van der Waals surface area contributed by atoms with E-state index in [1.54, 1.807) is 14.0 Å². The maximum absolute atomic E-state index is 10.9. The summed E-state index contributed by atoms with van der Waals surface area (Å²) in [5.74, 6) is -0.911. The lowest BCUT2D eigenvalue weighted by Gasteiger charge is -2.08. The van der Waals surface area contributed by atoms with Gasteiger partial charge in [-0.05, 0) is 18.1 Å². The maximum atomic E-state index is 10.9. The van der Waals surface area contributed by atoms with Crippen molar-refractivity contribution in [2.75, 3.05) is 13.7 Å². The molecule has 0 unspecified atom stereocenters. The monoisotopic (exact) mass is 206 g/mol. The van der Waals surface area contributed by atoms with E-state index in [1.807, 2.05) is 30.3 Å². The Labute approximate surface area is 89.0 Å². The molecule has 0 radical (unpaired) electrons. The summed E-state index contributed by atoms with van der Waals surface area (Å²) in [6.45, 7) is 1.89. The minimum atomic E-state index is -0.911. The molecule has 0 atom stereocenters. The molecule has 3 heteroatoms. The third-order valence-corrected chi connectivity index (χ3v) is 2.18. The summed E-state index contributed by atoms with van der Waals surface area (Å²) < 4.78 is 5.01. The topological polar surface area (TPSA) is 46.5 Å². The van der Waals surface area contributed by atoms with Crippen molar-refractivity contribution in [1.29, 1.82) is 0 Å². The fourth-order valence-electron chi connectivity index (χ4n) is 1.32. The molecule has 0 bridgehead atoms. The van der Waals surface area contributed by atoms with E-state index in [0.717, 1.165) is 5.56 Å². The van der Waals surface area contributed by atoms with Gasteiger partial charge in [0.25, 0.3) is 0 Å². The summed E-state index contributed by atoms with van der Waals surface area (Å²) in [5.41, 5.74) is 1.92. The average molecular weight is 206 g/mol. The largest absolute Gasteiger partial charge is 0.478 e. The molecule has 1 rings (SSSR count). The molecule has 0 heterocycles. The van der Waals surface area contributed by atoms with Crippen LogP contribution in [0.5, 0.6) is 0 Å². The highest BCUT2D eigenvalue weighted by molar-refractivity contribution is 5.96. The Kier molecular flexibility index (Phi) is 4.06. The quantitative estimate of drug-likeness (QED) is 0.768. The van der Waals surface area contributed by atoms with E-state index in [1.165, 1.54) is 0 Å². The molecule has 0 saturated heterocycles. The van der Waals surface area contributed by atoms with Crippen LogP contribution in [0.1, 0.15) is 12.5 Å². The zero-order valence-corrected chi connectivity index (χ0v) is 8.86. The Balaban J connectivity index is 3.14. The molecule has 0 aliphatic rings. The van der Waals surface area contributed by atoms with E-state index in [4.69, 9.17) is 9.84 Å². The molecule has 0 amide bonds. The Morgan fingerprint density at radius 3 is 2.40 bits per heavy atom. The van der Waals surface area contributed by atoms with E-state index < -0.39 is 5.97 Å². The van der Waals surface area contributed by atoms with Crippen molar-refractivity contribution >= 4 is 11.5 Å². The smallest absolute Gasteiger partial charge is 0.331 e. The summed E-state index contributed by atoms with van der Waals surface area (Å²) >= 11 is 0. The lowest BCUT2D eigenvalue weighted by Crippen LogP contribution is -2.04. The number of methoxy groups -OCH3 is 1. The molecule has 15 heavy (non-hydrogen) atoms. The first-order valence-corrected chi connectivity index (χ1v) is 4.64. The number of benzene rings is 1. The zero-order chi connectivity index (χ0) is 11.3. The number of ether oxygens (including phenoxy) is 1. The van der Waals surface area contributed by atoms with Crippen LogP contribution in [0.25, 0.3) is 5.57 Å². The van der Waals surface area contributed by atoms with Crippen molar-refractivity contribution in [3.8, 4) is 0 Å². The molecule has 0 aliphatic carbocycles. The molecular weight excluding hydrogens is 192 g/mol. The molecule has 0 spiro atoms. The van der Waals surface area contributed by atoms with Gasteiger partial charge in [0.1, 0.15) is 0 Å². The number of carbonyl (C=O) groups is 1. The van der Waals surface area contributed by atoms with Crippen LogP contribution in [0.4, 0.5) is 0 Å². The Morgan fingerprint density at radius 2 is 1.93 bits per heavy atom. The van der Waals surface area contributed by atoms with Gasteiger partial charge in [0, 0.05) is 12.7 Å². The van der Waals surface area contributed by atoms with Crippen molar-refractivity contribution in [3.63, 3.8) is 0 Å². The van der Waals surface area contributed by atoms with Gasteiger partial charge in [0.05, 0.1) is 6.61 Å². The number of carboxylic acid groups (broad SMARTS) is 1. The van der Waals surface area contributed by atoms with Crippen LogP contribution in [0, 0.1) is 0 Å². The van der Waals surface area contributed by atoms with Crippen molar-refractivity contribution < 1.29 is 14.6 Å². The molecule has 0 fully saturated rings. The van der Waals surface area contributed by atoms with E-state index in [-0.39, 0.29) is 0 Å². The summed E-state index contributed by atoms with van der Waals surface area (Å²) in [4.78, 5) is 10.9. The Bertz CT molecular complexity index is 366. The Hall–Kier alpha value is -1.61. The number of hydrogen-bond donors (Lipinski definition) is 1. The predicted molar refractivity (Wildman–Crippen MR) is 58.5 cm³/mol. The van der Waals surface area contributed by atoms with E-state index in [9.17, 15) is 4.79 Å². The van der Waals surface area contributed by atoms with Gasteiger partial charge in [0.15, 0.2) is 0 Å². The SMILES string of the molecule is COC/C(=C(/C)C(=O)O)c1ccccc1. The molecule has 3 nitrogen and oxygen atoms in total. The molecule has 0 aromatic heterocycles. The lowest BCUT2D eigenvalue weighted by molar-refractivity contribution is -0.132. The van der Waals surface area contributed by atoms with Crippen LogP contribution in [0.3, 0.4) is 0 Å². The van der Waals surface area contributed by atoms with Crippen LogP contribution >= 0.6 is 0 Å². The van der Waals surface area contributed by atoms with Crippen LogP contribution in [-0.2, 0) is 9.53 Å². The second kappa shape index (κ2) is 5.32. The summed E-state index contributed by atoms with van der Waals surface area (Å²) in [6, 6.07) is 9.39. The van der Waals surface area contributed by atoms with Crippen LogP contribution in [-0.4, -0.2) is 24.8 Å². The van der Waals surface area contributed by atoms with Crippen molar-refractivity contribution in [3.05, 3.63) is 41.5 Å². The molecular formula is C12H14O3. The second-order valence-electron chi connectivity index (χ2n) is 3.21. The maximum Gasteiger partial charge on any atom is 0.331 e. The third kappa shape index (κ3) is 2.92. The van der Waals surface area contributed by atoms with Gasteiger partial charge in [0.2, 0.25) is 0 Å². The minimum Gasteiger partial charge on any atom is -0.478 e. The van der Waals surface area contributed by atoms with Crippen LogP contribution in [0.2, 0.25) is 0 Å². The highest BCUT2D eigenvalue weighted by atomic mass is 16.5. The minimum absolute atomic E-state index is 0.308. The third-order valence-electron chi connectivity index (χ3n) is 2.18. The number of rotatable bonds is 4. The fraction of sp³-hybridized carbons (Fsp3) is 0.250. The molecule has 1 aromatic carbocycles. The number of carboxylic acids is 1. The van der Waals surface area contributed by atoms with E-state index >= 15 is 0 Å². The van der Waals surface area contributed by atoms with Gasteiger partial charge in [-0.15, -0.1) is 0 Å². The highest BCUT2D eigenvalue weighted by Gasteiger charge is 2.10. The summed E-state index contributed by atoms with van der Waals surface area (Å²) in [7, 11) is 1.55. The Morgan fingerprint density at radius 1 is 1.33 bits per heavy atom. The van der Waals surface area contributed by atoms with Gasteiger partial charge >= 0.3 is 5.97 Å². The first-order chi connectivity index (χ1) is 7.16. The van der Waals surface area contributed by atoms with Crippen LogP contribution in [0.15, 0.2) is 35.9 Å². The first kappa shape index (κ1) is 11.5. The molecule has 80 valence electrons. The van der Waals surface area contributed by atoms with E-state index in [2.05, 4.69) is 0 Å². The molecule has 0 aliphatic heterocycles. The molecule has 1 aromatic rings. The van der Waals surface area contributed by atoms with Gasteiger partial charge in [-0.3, -0.25) is 0 Å². The van der Waals surface area contributed by atoms with Gasteiger partial charge in [-0.25, -0.2) is 4.79 Å². The van der Waals surface area contributed by atoms with Crippen molar-refractivity contribution in [1.82, 2.24) is 0 Å². The second-order valence-corrected chi connectivity index (χ2v) is 3.21. The standard InChI is InChI=1S/C12H14O3/c1-9(12(13)14)11(8-15-2)10-6-4-3-5-7-10/h3-7H,8H2,1-2H3,(H,13,14)/b11-9+. The fourth-order valence-corrected chi connectivity index (χ4v) is 1.32. The van der Waals surface area contributed by atoms with Crippen molar-refractivity contribution in [2.24, 2.45) is 0 Å². The summed E-state index contributed by atoms with van der Waals surface area (Å²) in [5, 5.41) is 8.93. The summed E-state index contributed by atoms with van der Waals surface area (Å²) in [6.07, 6.45) is 0. The molecule has 1 N–H and O–H groups in total. The van der Waals surface area contributed by atoms with E-state index in [0.29, 0.717) is 17.8 Å². The number of hydrogen-bond acceptors (Lipinski definition) is 2. The highest BCUT2D eigenvalue weighted by Crippen LogP contribution is 2.18. The van der Waals surface area contributed by atoms with Gasteiger partial charge in [-0.1, -0.05) is 30.3 Å². The molecule has 0 saturated carbocycles. The normalized spacial score (nSPS) is 12.1. The number of aliphatic carboxylic acids is 1. The zero-order valence-electron chi connectivity index (χ0n) is 8.86. The lowest BCUT2D eigenvalue weighted by atomic mass is 10.0. The first-order valence-electron chi connectivity index (χ1n) is 4.64. The average Bonchev–Trinajstić information content (AvgIpc) is 2.26.